The second-order valence-corrected chi connectivity index (χ2v) is 4.54. The van der Waals surface area contributed by atoms with Gasteiger partial charge in [-0.05, 0) is 5.92 Å². The van der Waals surface area contributed by atoms with Crippen molar-refractivity contribution in [3.63, 3.8) is 0 Å². The lowest BCUT2D eigenvalue weighted by atomic mass is 9.92. The van der Waals surface area contributed by atoms with Crippen LogP contribution >= 0.6 is 0 Å². The highest BCUT2D eigenvalue weighted by atomic mass is 16.3. The van der Waals surface area contributed by atoms with Gasteiger partial charge in [-0.3, -0.25) is 0 Å². The fourth-order valence-electron chi connectivity index (χ4n) is 1.05. The van der Waals surface area contributed by atoms with Gasteiger partial charge in [0.2, 0.25) is 0 Å². The van der Waals surface area contributed by atoms with Crippen molar-refractivity contribution in [2.45, 2.75) is 26.8 Å². The summed E-state index contributed by atoms with van der Waals surface area (Å²) in [5, 5.41) is 30.3. The quantitative estimate of drug-likeness (QED) is 0.456. The number of rotatable bonds is 7. The molecule has 0 spiro atoms. The first-order valence-electron chi connectivity index (χ1n) is 5.05. The van der Waals surface area contributed by atoms with E-state index in [4.69, 9.17) is 15.3 Å². The number of aliphatic hydroxyl groups is 3. The Hall–Kier alpha value is -0.160. The van der Waals surface area contributed by atoms with Gasteiger partial charge in [0.05, 0.1) is 19.8 Å². The van der Waals surface area contributed by atoms with E-state index in [9.17, 15) is 0 Å². The van der Waals surface area contributed by atoms with Crippen LogP contribution in [0, 0.1) is 11.3 Å². The smallest absolute Gasteiger partial charge is 0.0587 e. The zero-order valence-corrected chi connectivity index (χ0v) is 9.32. The molecule has 0 rings (SSSR count). The topological polar surface area (TPSA) is 72.7 Å². The zero-order valence-electron chi connectivity index (χ0n) is 9.32. The minimum Gasteiger partial charge on any atom is -0.396 e. The molecule has 86 valence electrons. The Bertz CT molecular complexity index is 146. The molecule has 0 radical (unpaired) electrons. The number of hydrogen-bond donors (Lipinski definition) is 4. The van der Waals surface area contributed by atoms with E-state index in [2.05, 4.69) is 5.32 Å². The molecule has 0 aromatic heterocycles. The number of hydrogen-bond acceptors (Lipinski definition) is 4. The van der Waals surface area contributed by atoms with Crippen LogP contribution in [0.25, 0.3) is 0 Å². The summed E-state index contributed by atoms with van der Waals surface area (Å²) in [6.45, 7) is 6.29. The number of nitrogens with one attached hydrogen (secondary N) is 1. The van der Waals surface area contributed by atoms with Gasteiger partial charge < -0.3 is 20.6 Å². The van der Waals surface area contributed by atoms with E-state index in [1.807, 2.05) is 13.8 Å². The lowest BCUT2D eigenvalue weighted by Crippen LogP contribution is -2.45. The summed E-state index contributed by atoms with van der Waals surface area (Å²) in [7, 11) is 0. The van der Waals surface area contributed by atoms with Crippen LogP contribution in [0.2, 0.25) is 0 Å². The minimum absolute atomic E-state index is 0.0208. The predicted molar refractivity (Wildman–Crippen MR) is 56.0 cm³/mol. The van der Waals surface area contributed by atoms with Gasteiger partial charge in [0, 0.05) is 18.0 Å². The van der Waals surface area contributed by atoms with Crippen molar-refractivity contribution in [3.05, 3.63) is 0 Å². The summed E-state index contributed by atoms with van der Waals surface area (Å²) >= 11 is 0. The Morgan fingerprint density at radius 2 is 1.64 bits per heavy atom. The van der Waals surface area contributed by atoms with E-state index in [1.165, 1.54) is 0 Å². The van der Waals surface area contributed by atoms with Gasteiger partial charge in [-0.15, -0.1) is 0 Å². The van der Waals surface area contributed by atoms with Crippen LogP contribution in [0.1, 0.15) is 20.8 Å². The molecule has 4 nitrogen and oxygen atoms in total. The van der Waals surface area contributed by atoms with Crippen molar-refractivity contribution in [1.82, 2.24) is 5.32 Å². The molecule has 0 aliphatic rings. The maximum Gasteiger partial charge on any atom is 0.0587 e. The normalized spacial score (nSPS) is 14.8. The summed E-state index contributed by atoms with van der Waals surface area (Å²) in [5.41, 5.74) is -0.512. The predicted octanol–water partition coefficient (Wildman–Crippen LogP) is -0.416. The largest absolute Gasteiger partial charge is 0.396 e. The van der Waals surface area contributed by atoms with Gasteiger partial charge in [0.25, 0.3) is 0 Å². The van der Waals surface area contributed by atoms with E-state index in [0.29, 0.717) is 12.5 Å². The van der Waals surface area contributed by atoms with Crippen molar-refractivity contribution < 1.29 is 15.3 Å². The molecule has 4 N–H and O–H groups in total. The molecule has 0 aliphatic carbocycles. The first-order valence-corrected chi connectivity index (χ1v) is 5.05. The molecule has 0 unspecified atom stereocenters. The fourth-order valence-corrected chi connectivity index (χ4v) is 1.05. The Balaban J connectivity index is 4.00. The second kappa shape index (κ2) is 6.35. The van der Waals surface area contributed by atoms with Gasteiger partial charge in [0.1, 0.15) is 0 Å². The van der Waals surface area contributed by atoms with Crippen LogP contribution in [-0.4, -0.2) is 47.7 Å². The molecule has 0 fully saturated rings. The summed E-state index contributed by atoms with van der Waals surface area (Å²) in [6.07, 6.45) is 0. The van der Waals surface area contributed by atoms with E-state index < -0.39 is 5.41 Å². The number of aliphatic hydroxyl groups excluding tert-OH is 3. The molecule has 0 aromatic carbocycles. The third-order valence-corrected chi connectivity index (χ3v) is 2.56. The fraction of sp³-hybridized carbons (Fsp3) is 1.00. The van der Waals surface area contributed by atoms with E-state index >= 15 is 0 Å². The summed E-state index contributed by atoms with van der Waals surface area (Å²) in [6, 6.07) is 0.0208. The zero-order chi connectivity index (χ0) is 11.2. The Kier molecular flexibility index (Phi) is 6.27. The Morgan fingerprint density at radius 3 is 1.93 bits per heavy atom. The average molecular weight is 205 g/mol. The third-order valence-electron chi connectivity index (χ3n) is 2.56. The lowest BCUT2D eigenvalue weighted by molar-refractivity contribution is 0.0621. The molecule has 0 saturated carbocycles. The third kappa shape index (κ3) is 4.37. The molecule has 0 heterocycles. The summed E-state index contributed by atoms with van der Waals surface area (Å²) in [4.78, 5) is 0. The van der Waals surface area contributed by atoms with Gasteiger partial charge in [-0.1, -0.05) is 20.8 Å². The molecular weight excluding hydrogens is 182 g/mol. The Morgan fingerprint density at radius 1 is 1.14 bits per heavy atom. The maximum atomic E-state index is 9.05. The maximum absolute atomic E-state index is 9.05. The Labute approximate surface area is 86.0 Å². The van der Waals surface area contributed by atoms with Crippen LogP contribution in [0.3, 0.4) is 0 Å². The summed E-state index contributed by atoms with van der Waals surface area (Å²) in [5.74, 6) is 0.335. The van der Waals surface area contributed by atoms with Gasteiger partial charge in [-0.2, -0.15) is 0 Å². The molecule has 0 amide bonds. The highest BCUT2D eigenvalue weighted by Gasteiger charge is 2.24. The second-order valence-electron chi connectivity index (χ2n) is 4.54. The molecule has 0 aliphatic heterocycles. The SMILES string of the molecule is CC(C)[C@@H](CO)NCC(C)(CO)CO. The highest BCUT2D eigenvalue weighted by molar-refractivity contribution is 4.79. The van der Waals surface area contributed by atoms with Crippen molar-refractivity contribution in [2.75, 3.05) is 26.4 Å². The van der Waals surface area contributed by atoms with E-state index in [1.54, 1.807) is 6.92 Å². The lowest BCUT2D eigenvalue weighted by Gasteiger charge is -2.29. The van der Waals surface area contributed by atoms with Crippen molar-refractivity contribution in [3.8, 4) is 0 Å². The molecular formula is C10H23NO3. The van der Waals surface area contributed by atoms with Crippen LogP contribution in [0.4, 0.5) is 0 Å². The van der Waals surface area contributed by atoms with Crippen molar-refractivity contribution >= 4 is 0 Å². The van der Waals surface area contributed by atoms with Gasteiger partial charge in [-0.25, -0.2) is 0 Å². The van der Waals surface area contributed by atoms with Crippen LogP contribution < -0.4 is 5.32 Å². The molecule has 4 heteroatoms. The minimum atomic E-state index is -0.512. The summed E-state index contributed by atoms with van der Waals surface area (Å²) < 4.78 is 0. The van der Waals surface area contributed by atoms with E-state index in [-0.39, 0.29) is 25.9 Å². The molecule has 14 heavy (non-hydrogen) atoms. The van der Waals surface area contributed by atoms with Crippen LogP contribution in [0.15, 0.2) is 0 Å². The molecule has 0 aromatic rings. The van der Waals surface area contributed by atoms with Crippen LogP contribution in [0.5, 0.6) is 0 Å². The molecule has 1 atom stereocenters. The molecule has 0 saturated heterocycles. The first-order chi connectivity index (χ1) is 6.49. The monoisotopic (exact) mass is 205 g/mol. The van der Waals surface area contributed by atoms with Gasteiger partial charge in [0.15, 0.2) is 0 Å². The van der Waals surface area contributed by atoms with Crippen molar-refractivity contribution in [1.29, 1.82) is 0 Å². The standard InChI is InChI=1S/C10H23NO3/c1-8(2)9(4-12)11-5-10(3,6-13)7-14/h8-9,11-14H,4-7H2,1-3H3/t9-/m1/s1. The van der Waals surface area contributed by atoms with Gasteiger partial charge >= 0.3 is 0 Å². The first kappa shape index (κ1) is 13.8. The highest BCUT2D eigenvalue weighted by Crippen LogP contribution is 2.13. The average Bonchev–Trinajstić information content (AvgIpc) is 2.18. The molecule has 0 bridgehead atoms. The van der Waals surface area contributed by atoms with E-state index in [0.717, 1.165) is 0 Å². The van der Waals surface area contributed by atoms with Crippen LogP contribution in [-0.2, 0) is 0 Å². The van der Waals surface area contributed by atoms with Crippen molar-refractivity contribution in [2.24, 2.45) is 11.3 Å².